The van der Waals surface area contributed by atoms with Crippen LogP contribution in [0.2, 0.25) is 0 Å². The molecule has 5 saturated heterocycles. The van der Waals surface area contributed by atoms with Crippen LogP contribution in [0, 0.1) is 25.7 Å². The van der Waals surface area contributed by atoms with Crippen LogP contribution in [0.4, 0.5) is 16.7 Å². The number of aromatic amines is 4. The molecule has 21 atom stereocenters. The van der Waals surface area contributed by atoms with Gasteiger partial charge in [-0.25, -0.2) is 24.4 Å². The molecule has 6 aliphatic heterocycles. The smallest absolute Gasteiger partial charge is 0.330 e. The van der Waals surface area contributed by atoms with Gasteiger partial charge in [-0.15, -0.1) is 0 Å². The number of rotatable bonds is 31. The van der Waals surface area contributed by atoms with Gasteiger partial charge in [0.05, 0.1) is 88.5 Å². The second kappa shape index (κ2) is 33.5. The summed E-state index contributed by atoms with van der Waals surface area (Å²) in [7, 11) is 0. The number of aromatic nitrogens is 12. The molecule has 0 radical (unpaired) electrons. The first-order valence-corrected chi connectivity index (χ1v) is 46.0. The minimum atomic E-state index is -4.93. The van der Waals surface area contributed by atoms with E-state index < -0.39 is 205 Å². The van der Waals surface area contributed by atoms with E-state index in [9.17, 15) is 57.7 Å². The molecule has 109 heavy (non-hydrogen) atoms. The van der Waals surface area contributed by atoms with Crippen molar-refractivity contribution in [2.75, 3.05) is 44.5 Å². The van der Waals surface area contributed by atoms with E-state index in [-0.39, 0.29) is 83.1 Å². The molecule has 0 saturated carbocycles. The summed E-state index contributed by atoms with van der Waals surface area (Å²) in [6.07, 6.45) is -12.5. The van der Waals surface area contributed by atoms with Gasteiger partial charge in [-0.1, -0.05) is 61.1 Å². The molecule has 12 heterocycles. The van der Waals surface area contributed by atoms with Crippen LogP contribution in [-0.2, 0) is 133 Å². The number of ether oxygens (including phenoxy) is 5. The van der Waals surface area contributed by atoms with Crippen molar-refractivity contribution < 1.29 is 97.9 Å². The highest BCUT2D eigenvalue weighted by Crippen LogP contribution is 2.55. The van der Waals surface area contributed by atoms with Gasteiger partial charge in [0.25, 0.3) is 22.2 Å². The van der Waals surface area contributed by atoms with Gasteiger partial charge in [0.1, 0.15) is 82.4 Å². The van der Waals surface area contributed by atoms with Crippen molar-refractivity contribution in [3.8, 4) is 0 Å². The highest BCUT2D eigenvalue weighted by atomic mass is 32.7. The van der Waals surface area contributed by atoms with Crippen LogP contribution in [0.25, 0.3) is 22.3 Å². The number of fused-ring (bicyclic) bond motifs is 2. The molecular weight excluding hydrogens is 1650 g/mol. The summed E-state index contributed by atoms with van der Waals surface area (Å²) in [5.41, 5.74) is 12.7. The standard InChI is InChI=1S/C55H78N17O27P5S5/c1-23(2)27-9-38(68-8-7-37(56)61-53(68)77)90-32(27)16-85-101(81,106)96-28-10-39(69-14-25(5)47(73)66-54(69)78)91-33(28)18-87-104(84,109)99-31-13-42(72-22-60-44-46(72)63-52(58)65-50(44)76)94-36(31)20-89-102(82,107)97-29-11-40(70-15-26(6)48(74)67-55(70)79)92-34(29)19-88-103(83,108)98-30-12-41(93-35(30)17-86-100(80,105)95-24(3)4)71-21-59-43-45(71)62-51(57)64-49(43)75/h7-8,14-15,21-24,27-42H,9-13,16-20,56H2,1-6H3,(H,61,77)(H,80,105)(H,81,106)(H,82,107)(H,83,108)(H,84,109)(H,66,73,78)(H,67,74,79)(H3,57,62,64,75)(H3,58,63,65,76)/p-5/t27-,28+,29+,30+,31+,32+,33+,34+,35+,36+,37?,38+,39+,40+,41+,42+,100?,101?,102?,103?,104?/m0/s1. The Morgan fingerprint density at radius 2 is 0.917 bits per heavy atom. The summed E-state index contributed by atoms with van der Waals surface area (Å²) >= 11 is 26.9. The van der Waals surface area contributed by atoms with E-state index in [4.69, 9.17) is 146 Å². The maximum absolute atomic E-state index is 14.7. The number of nitrogens with zero attached hydrogens (tertiary/aromatic N) is 9. The Balaban J connectivity index is 0.755. The number of imidazole rings is 2. The van der Waals surface area contributed by atoms with Crippen molar-refractivity contribution in [2.45, 2.75) is 172 Å². The summed E-state index contributed by atoms with van der Waals surface area (Å²) in [6.45, 7) is -17.0. The Hall–Kier alpha value is -4.95. The average Bonchev–Trinajstić information content (AvgIpc) is 1.76. The van der Waals surface area contributed by atoms with Gasteiger partial charge in [-0.2, -0.15) is 9.97 Å². The number of H-pyrrole nitrogens is 4. The van der Waals surface area contributed by atoms with E-state index >= 15 is 0 Å². The zero-order chi connectivity index (χ0) is 78.7. The molecule has 44 nitrogen and oxygen atoms in total. The summed E-state index contributed by atoms with van der Waals surface area (Å²) in [5, 5.41) is 2.60. The second-order valence-electron chi connectivity index (χ2n) is 26.4. The number of nitrogen functional groups attached to an aromatic ring is 2. The van der Waals surface area contributed by atoms with Crippen LogP contribution >= 0.6 is 33.7 Å². The average molecular weight is 1720 g/mol. The SMILES string of the molecule is Cc1cn([C@H]2C[C@@H](OP([O-])(=S)OC[C@H]3O[C@@H](n4cnc5c(=O)[nH]c(N)nc54)C[C@H]3OP([O-])(=S)OC[C@H]3O[C@@H](n4cc(C)c(=O)[nH]c4=O)C[C@H]3OP([O-])(=S)OC[C@H]3O[C@@H](N4C=CC(N)NC4=O)C[C@H]3C(C)C)[C@@H](COP(=O)([S-])O[C@@H]3C[C@H](n4cnc5c(=O)[nH]c(N)nc54)O[C@@H]3COP([O-])(=S)OC(C)C)O2)c(=O)[nH]c1=O. The minimum Gasteiger partial charge on any atom is -0.780 e. The monoisotopic (exact) mass is 1720 g/mol. The first-order chi connectivity index (χ1) is 51.2. The summed E-state index contributed by atoms with van der Waals surface area (Å²) in [5.74, 6) is -0.852. The van der Waals surface area contributed by atoms with Crippen molar-refractivity contribution in [3.05, 3.63) is 111 Å². The first-order valence-electron chi connectivity index (χ1n) is 33.2. The van der Waals surface area contributed by atoms with Gasteiger partial charge < -0.3 is 123 Å². The molecule has 54 heteroatoms. The van der Waals surface area contributed by atoms with Gasteiger partial charge in [-0.3, -0.25) is 66.8 Å². The molecule has 0 aromatic carbocycles. The van der Waals surface area contributed by atoms with Crippen LogP contribution in [0.15, 0.2) is 66.1 Å². The number of anilines is 2. The van der Waals surface area contributed by atoms with E-state index in [1.165, 1.54) is 59.1 Å². The second-order valence-corrected chi connectivity index (χ2v) is 39.9. The Bertz CT molecular complexity index is 5090. The van der Waals surface area contributed by atoms with E-state index in [1.54, 1.807) is 19.9 Å². The molecule has 6 aromatic heterocycles. The van der Waals surface area contributed by atoms with Gasteiger partial charge in [-0.05, 0) is 52.0 Å². The molecule has 2 amide bonds. The van der Waals surface area contributed by atoms with Gasteiger partial charge in [0, 0.05) is 55.4 Å². The lowest BCUT2D eigenvalue weighted by atomic mass is 9.89. The molecule has 0 spiro atoms. The minimum absolute atomic E-state index is 0.0203. The number of nitrogens with two attached hydrogens (primary N) is 3. The lowest BCUT2D eigenvalue weighted by Crippen LogP contribution is -2.52. The summed E-state index contributed by atoms with van der Waals surface area (Å²) in [6, 6.07) is -0.502. The van der Waals surface area contributed by atoms with E-state index in [2.05, 4.69) is 45.2 Å². The molecule has 6 aliphatic rings. The van der Waals surface area contributed by atoms with E-state index in [0.717, 1.165) is 9.13 Å². The highest BCUT2D eigenvalue weighted by molar-refractivity contribution is 8.32. The molecule has 5 fully saturated rings. The third-order valence-corrected chi connectivity index (χ3v) is 26.0. The normalized spacial score (nSPS) is 30.1. The topological polar surface area (TPSA) is 595 Å². The van der Waals surface area contributed by atoms with Crippen molar-refractivity contribution in [2.24, 2.45) is 17.6 Å². The third kappa shape index (κ3) is 20.1. The lowest BCUT2D eigenvalue weighted by molar-refractivity contribution is -0.220. The molecular formula is C55H73N17O27P5S5-5. The molecule has 6 aromatic rings. The lowest BCUT2D eigenvalue weighted by Gasteiger charge is -2.36. The molecule has 600 valence electrons. The van der Waals surface area contributed by atoms with Crippen LogP contribution < -0.4 is 75.7 Å². The fourth-order valence-electron chi connectivity index (χ4n) is 12.9. The fraction of sp³-hybridized carbons (Fsp3) is 0.618. The van der Waals surface area contributed by atoms with Gasteiger partial charge >= 0.3 is 17.4 Å². The van der Waals surface area contributed by atoms with E-state index in [1.807, 2.05) is 13.8 Å². The number of amides is 2. The van der Waals surface area contributed by atoms with Crippen LogP contribution in [-0.4, -0.2) is 176 Å². The number of urea groups is 1. The first kappa shape index (κ1) is 83.5. The molecule has 6 unspecified atom stereocenters. The van der Waals surface area contributed by atoms with Crippen molar-refractivity contribution >= 4 is 133 Å². The maximum atomic E-state index is 14.7. The van der Waals surface area contributed by atoms with E-state index in [0.29, 0.717) is 6.42 Å². The van der Waals surface area contributed by atoms with Gasteiger partial charge in [0.15, 0.2) is 29.1 Å². The molecule has 0 aliphatic carbocycles. The Kier molecular flexibility index (Phi) is 25.6. The summed E-state index contributed by atoms with van der Waals surface area (Å²) < 4.78 is 108. The zero-order valence-corrected chi connectivity index (χ0v) is 66.5. The van der Waals surface area contributed by atoms with Gasteiger partial charge in [0.2, 0.25) is 11.9 Å². The highest BCUT2D eigenvalue weighted by Gasteiger charge is 2.47. The number of carbonyl (C=O) groups is 1. The maximum Gasteiger partial charge on any atom is 0.330 e. The number of hydrogen-bond acceptors (Lipinski definition) is 39. The fourth-order valence-corrected chi connectivity index (χ4v) is 20.3. The number of nitrogens with one attached hydrogen (secondary N) is 5. The number of hydrogen-bond donors (Lipinski definition) is 8. The largest absolute Gasteiger partial charge is 0.780 e. The summed E-state index contributed by atoms with van der Waals surface area (Å²) in [4.78, 5) is 174. The van der Waals surface area contributed by atoms with Crippen LogP contribution in [0.1, 0.15) is 95.8 Å². The Morgan fingerprint density at radius 1 is 0.541 bits per heavy atom. The predicted octanol–water partition coefficient (Wildman–Crippen LogP) is -1.46. The molecule has 0 bridgehead atoms. The predicted molar refractivity (Wildman–Crippen MR) is 388 cm³/mol. The van der Waals surface area contributed by atoms with Crippen molar-refractivity contribution in [1.29, 1.82) is 0 Å². The number of carbonyl (C=O) groups excluding carboxylic acids is 1. The Labute approximate surface area is 640 Å². The van der Waals surface area contributed by atoms with Crippen LogP contribution in [0.3, 0.4) is 0 Å². The van der Waals surface area contributed by atoms with Crippen molar-refractivity contribution in [3.63, 3.8) is 0 Å². The molecule has 12 rings (SSSR count). The quantitative estimate of drug-likeness (QED) is 0.0182. The van der Waals surface area contributed by atoms with Crippen LogP contribution in [0.5, 0.6) is 0 Å². The Morgan fingerprint density at radius 3 is 1.32 bits per heavy atom. The number of aryl methyl sites for hydroxylation is 2. The third-order valence-electron chi connectivity index (χ3n) is 18.0. The molecule has 11 N–H and O–H groups in total. The van der Waals surface area contributed by atoms with Crippen molar-refractivity contribution in [1.82, 2.24) is 68.4 Å². The zero-order valence-electron chi connectivity index (χ0n) is 58.0.